The smallest absolute Gasteiger partial charge is 0.254 e. The van der Waals surface area contributed by atoms with Crippen LogP contribution in [0.5, 0.6) is 0 Å². The van der Waals surface area contributed by atoms with Crippen LogP contribution in [-0.2, 0) is 11.3 Å². The van der Waals surface area contributed by atoms with Gasteiger partial charge in [0.25, 0.3) is 5.91 Å². The van der Waals surface area contributed by atoms with Crippen LogP contribution in [0.15, 0.2) is 10.6 Å². The minimum absolute atomic E-state index is 0.0723. The molecule has 1 aromatic rings. The van der Waals surface area contributed by atoms with Gasteiger partial charge in [0.1, 0.15) is 11.4 Å². The van der Waals surface area contributed by atoms with Crippen molar-refractivity contribution in [1.82, 2.24) is 15.0 Å². The molecule has 1 aliphatic carbocycles. The van der Waals surface area contributed by atoms with Crippen LogP contribution in [-0.4, -0.2) is 57.8 Å². The maximum atomic E-state index is 12.4. The maximum absolute atomic E-state index is 12.4. The fraction of sp³-hybridized carbons (Fsp3) is 0.733. The number of carbonyl (C=O) groups is 1. The summed E-state index contributed by atoms with van der Waals surface area (Å²) in [6, 6.07) is 1.94. The van der Waals surface area contributed by atoms with E-state index in [1.165, 1.54) is 0 Å². The molecule has 0 unspecified atom stereocenters. The van der Waals surface area contributed by atoms with Gasteiger partial charge in [-0.05, 0) is 32.6 Å². The molecular formula is C15H23N3O3. The van der Waals surface area contributed by atoms with Gasteiger partial charge in [-0.15, -0.1) is 0 Å². The third kappa shape index (κ3) is 3.11. The molecule has 2 aliphatic rings. The number of amides is 1. The highest BCUT2D eigenvalue weighted by molar-refractivity contribution is 5.85. The van der Waals surface area contributed by atoms with Gasteiger partial charge in [-0.1, -0.05) is 5.16 Å². The van der Waals surface area contributed by atoms with E-state index in [0.29, 0.717) is 25.9 Å². The van der Waals surface area contributed by atoms with Crippen LogP contribution < -0.4 is 0 Å². The summed E-state index contributed by atoms with van der Waals surface area (Å²) >= 11 is 0. The van der Waals surface area contributed by atoms with Crippen molar-refractivity contribution in [3.63, 3.8) is 0 Å². The number of hydrogen-bond donors (Lipinski definition) is 1. The van der Waals surface area contributed by atoms with Gasteiger partial charge in [-0.3, -0.25) is 9.69 Å². The van der Waals surface area contributed by atoms with Gasteiger partial charge < -0.3 is 14.5 Å². The zero-order valence-electron chi connectivity index (χ0n) is 12.5. The number of piperazine rings is 1. The van der Waals surface area contributed by atoms with Crippen LogP contribution in [0.1, 0.15) is 37.1 Å². The third-order valence-electron chi connectivity index (χ3n) is 4.55. The van der Waals surface area contributed by atoms with Crippen LogP contribution in [0.4, 0.5) is 0 Å². The number of aromatic nitrogens is 1. The minimum atomic E-state index is -1.09. The molecule has 1 saturated carbocycles. The quantitative estimate of drug-likeness (QED) is 0.898. The topological polar surface area (TPSA) is 69.8 Å². The number of aryl methyl sites for hydroxylation is 1. The predicted molar refractivity (Wildman–Crippen MR) is 76.5 cm³/mol. The van der Waals surface area contributed by atoms with Crippen LogP contribution >= 0.6 is 0 Å². The lowest BCUT2D eigenvalue weighted by molar-refractivity contribution is -0.152. The van der Waals surface area contributed by atoms with E-state index in [-0.39, 0.29) is 5.91 Å². The van der Waals surface area contributed by atoms with Gasteiger partial charge >= 0.3 is 0 Å². The van der Waals surface area contributed by atoms with Gasteiger partial charge in [0.05, 0.1) is 5.69 Å². The number of carbonyl (C=O) groups excluding carboxylic acids is 1. The van der Waals surface area contributed by atoms with Crippen molar-refractivity contribution in [3.05, 3.63) is 17.5 Å². The summed E-state index contributed by atoms with van der Waals surface area (Å²) in [4.78, 5) is 16.5. The lowest BCUT2D eigenvalue weighted by Gasteiger charge is -2.37. The standard InChI is InChI=1S/C15H23N3O3/c1-12-10-13(16-21-12)11-17-6-8-18(9-7-17)14(19)15(20)4-2-3-5-15/h10,20H,2-9,11H2,1H3. The van der Waals surface area contributed by atoms with Crippen LogP contribution in [0.3, 0.4) is 0 Å². The molecule has 1 amide bonds. The average Bonchev–Trinajstić information content (AvgIpc) is 3.09. The van der Waals surface area contributed by atoms with Crippen LogP contribution in [0, 0.1) is 6.92 Å². The molecule has 0 spiro atoms. The van der Waals surface area contributed by atoms with Gasteiger partial charge in [-0.25, -0.2) is 0 Å². The Hall–Kier alpha value is -1.40. The second kappa shape index (κ2) is 5.77. The van der Waals surface area contributed by atoms with E-state index in [4.69, 9.17) is 4.52 Å². The molecule has 1 aromatic heterocycles. The number of aliphatic hydroxyl groups is 1. The molecule has 6 nitrogen and oxygen atoms in total. The van der Waals surface area contributed by atoms with Crippen LogP contribution in [0.25, 0.3) is 0 Å². The second-order valence-corrected chi connectivity index (χ2v) is 6.24. The molecule has 0 aromatic carbocycles. The van der Waals surface area contributed by atoms with E-state index in [1.54, 1.807) is 0 Å². The van der Waals surface area contributed by atoms with E-state index in [0.717, 1.165) is 43.9 Å². The molecule has 1 aliphatic heterocycles. The zero-order chi connectivity index (χ0) is 14.9. The average molecular weight is 293 g/mol. The third-order valence-corrected chi connectivity index (χ3v) is 4.55. The Morgan fingerprint density at radius 3 is 2.57 bits per heavy atom. The first-order chi connectivity index (χ1) is 10.1. The molecule has 1 saturated heterocycles. The Kier molecular flexibility index (Phi) is 3.99. The lowest BCUT2D eigenvalue weighted by Crippen LogP contribution is -2.54. The molecule has 1 N–H and O–H groups in total. The molecule has 2 fully saturated rings. The first-order valence-electron chi connectivity index (χ1n) is 7.73. The lowest BCUT2D eigenvalue weighted by atomic mass is 10.00. The van der Waals surface area contributed by atoms with Crippen molar-refractivity contribution < 1.29 is 14.4 Å². The normalized spacial score (nSPS) is 22.7. The van der Waals surface area contributed by atoms with E-state index in [9.17, 15) is 9.90 Å². The van der Waals surface area contributed by atoms with Crippen molar-refractivity contribution in [2.45, 2.75) is 44.8 Å². The number of rotatable bonds is 3. The Labute approximate surface area is 124 Å². The first kappa shape index (κ1) is 14.5. The fourth-order valence-corrected chi connectivity index (χ4v) is 3.30. The van der Waals surface area contributed by atoms with Gasteiger partial charge in [0.15, 0.2) is 0 Å². The molecule has 21 heavy (non-hydrogen) atoms. The van der Waals surface area contributed by atoms with Gasteiger partial charge in [0.2, 0.25) is 0 Å². The Morgan fingerprint density at radius 1 is 1.33 bits per heavy atom. The first-order valence-corrected chi connectivity index (χ1v) is 7.73. The second-order valence-electron chi connectivity index (χ2n) is 6.24. The summed E-state index contributed by atoms with van der Waals surface area (Å²) in [6.07, 6.45) is 3.13. The van der Waals surface area contributed by atoms with Crippen LogP contribution in [0.2, 0.25) is 0 Å². The zero-order valence-corrected chi connectivity index (χ0v) is 12.5. The highest BCUT2D eigenvalue weighted by Crippen LogP contribution is 2.31. The summed E-state index contributed by atoms with van der Waals surface area (Å²) < 4.78 is 5.07. The Bertz CT molecular complexity index is 500. The van der Waals surface area contributed by atoms with Crippen molar-refractivity contribution in [2.24, 2.45) is 0 Å². The maximum Gasteiger partial charge on any atom is 0.254 e. The highest BCUT2D eigenvalue weighted by atomic mass is 16.5. The van der Waals surface area contributed by atoms with Crippen molar-refractivity contribution in [2.75, 3.05) is 26.2 Å². The molecular weight excluding hydrogens is 270 g/mol. The molecule has 6 heteroatoms. The Morgan fingerprint density at radius 2 is 2.00 bits per heavy atom. The summed E-state index contributed by atoms with van der Waals surface area (Å²) in [5, 5.41) is 14.4. The van der Waals surface area contributed by atoms with Crippen molar-refractivity contribution in [3.8, 4) is 0 Å². The monoisotopic (exact) mass is 293 g/mol. The van der Waals surface area contributed by atoms with Crippen molar-refractivity contribution in [1.29, 1.82) is 0 Å². The number of nitrogens with zero attached hydrogens (tertiary/aromatic N) is 3. The SMILES string of the molecule is Cc1cc(CN2CCN(C(=O)C3(O)CCCC3)CC2)no1. The summed E-state index contributed by atoms with van der Waals surface area (Å²) in [6.45, 7) is 5.62. The summed E-state index contributed by atoms with van der Waals surface area (Å²) in [5.74, 6) is 0.749. The summed E-state index contributed by atoms with van der Waals surface area (Å²) in [7, 11) is 0. The Balaban J connectivity index is 1.52. The van der Waals surface area contributed by atoms with E-state index in [1.807, 2.05) is 17.9 Å². The highest BCUT2D eigenvalue weighted by Gasteiger charge is 2.42. The van der Waals surface area contributed by atoms with E-state index < -0.39 is 5.60 Å². The van der Waals surface area contributed by atoms with Gasteiger partial charge in [0, 0.05) is 38.8 Å². The van der Waals surface area contributed by atoms with E-state index in [2.05, 4.69) is 10.1 Å². The molecule has 0 bridgehead atoms. The molecule has 0 atom stereocenters. The number of hydrogen-bond acceptors (Lipinski definition) is 5. The minimum Gasteiger partial charge on any atom is -0.380 e. The largest absolute Gasteiger partial charge is 0.380 e. The molecule has 116 valence electrons. The molecule has 3 rings (SSSR count). The molecule has 2 heterocycles. The van der Waals surface area contributed by atoms with Gasteiger partial charge in [-0.2, -0.15) is 0 Å². The fourth-order valence-electron chi connectivity index (χ4n) is 3.30. The summed E-state index contributed by atoms with van der Waals surface area (Å²) in [5.41, 5.74) is -0.160. The van der Waals surface area contributed by atoms with Crippen molar-refractivity contribution >= 4 is 5.91 Å². The van der Waals surface area contributed by atoms with E-state index >= 15 is 0 Å². The molecule has 0 radical (unpaired) electrons. The predicted octanol–water partition coefficient (Wildman–Crippen LogP) is 0.932.